The second kappa shape index (κ2) is 1.56. The van der Waals surface area contributed by atoms with Crippen LogP contribution in [0, 0.1) is 5.41 Å². The van der Waals surface area contributed by atoms with Crippen LogP contribution in [0.5, 0.6) is 0 Å². The van der Waals surface area contributed by atoms with Gasteiger partial charge in [-0.05, 0) is 12.8 Å². The molecule has 0 bridgehead atoms. The van der Waals surface area contributed by atoms with Gasteiger partial charge in [-0.3, -0.25) is 0 Å². The highest BCUT2D eigenvalue weighted by atomic mass is 32.2. The van der Waals surface area contributed by atoms with Crippen LogP contribution in [0.4, 0.5) is 0 Å². The van der Waals surface area contributed by atoms with Gasteiger partial charge < -0.3 is 5.73 Å². The summed E-state index contributed by atoms with van der Waals surface area (Å²) in [6, 6.07) is 0.274. The third-order valence-corrected chi connectivity index (χ3v) is 4.55. The molecule has 1 aliphatic carbocycles. The van der Waals surface area contributed by atoms with E-state index in [9.17, 15) is 8.42 Å². The van der Waals surface area contributed by atoms with E-state index in [-0.39, 0.29) is 11.5 Å². The molecule has 1 aliphatic heterocycles. The van der Waals surface area contributed by atoms with Crippen molar-refractivity contribution >= 4 is 9.84 Å². The molecule has 0 amide bonds. The average molecular weight is 161 g/mol. The van der Waals surface area contributed by atoms with Crippen molar-refractivity contribution in [2.45, 2.75) is 18.9 Å². The Hall–Kier alpha value is -0.0900. The van der Waals surface area contributed by atoms with Gasteiger partial charge in [-0.2, -0.15) is 0 Å². The molecule has 0 aromatic rings. The molecular formula is C6H11NO2S. The van der Waals surface area contributed by atoms with E-state index in [0.29, 0.717) is 11.5 Å². The van der Waals surface area contributed by atoms with Crippen LogP contribution in [0.1, 0.15) is 12.8 Å². The molecule has 1 saturated carbocycles. The first-order valence-corrected chi connectivity index (χ1v) is 5.30. The van der Waals surface area contributed by atoms with E-state index in [2.05, 4.69) is 0 Å². The first-order chi connectivity index (χ1) is 4.52. The van der Waals surface area contributed by atoms with Crippen LogP contribution in [-0.4, -0.2) is 26.0 Å². The van der Waals surface area contributed by atoms with Gasteiger partial charge in [0, 0.05) is 11.5 Å². The fourth-order valence-electron chi connectivity index (χ4n) is 2.18. The predicted octanol–water partition coefficient (Wildman–Crippen LogP) is -0.478. The van der Waals surface area contributed by atoms with Crippen LogP contribution in [0.3, 0.4) is 0 Å². The van der Waals surface area contributed by atoms with E-state index >= 15 is 0 Å². The fourth-order valence-corrected chi connectivity index (χ4v) is 4.43. The number of hydrogen-bond acceptors (Lipinski definition) is 3. The van der Waals surface area contributed by atoms with E-state index in [4.69, 9.17) is 5.73 Å². The Morgan fingerprint density at radius 3 is 2.10 bits per heavy atom. The first kappa shape index (κ1) is 6.61. The molecule has 0 aromatic heterocycles. The number of hydrogen-bond donors (Lipinski definition) is 1. The van der Waals surface area contributed by atoms with E-state index in [1.165, 1.54) is 0 Å². The topological polar surface area (TPSA) is 60.2 Å². The van der Waals surface area contributed by atoms with Crippen molar-refractivity contribution in [3.63, 3.8) is 0 Å². The van der Waals surface area contributed by atoms with Gasteiger partial charge in [0.1, 0.15) is 0 Å². The molecule has 4 heteroatoms. The van der Waals surface area contributed by atoms with E-state index in [1.807, 2.05) is 0 Å². The van der Waals surface area contributed by atoms with Gasteiger partial charge in [-0.1, -0.05) is 0 Å². The lowest BCUT2D eigenvalue weighted by Gasteiger charge is -2.51. The maximum atomic E-state index is 10.8. The third-order valence-electron chi connectivity index (χ3n) is 2.44. The van der Waals surface area contributed by atoms with Gasteiger partial charge in [-0.15, -0.1) is 0 Å². The summed E-state index contributed by atoms with van der Waals surface area (Å²) >= 11 is 0. The van der Waals surface area contributed by atoms with Crippen molar-refractivity contribution in [3.05, 3.63) is 0 Å². The molecule has 1 saturated heterocycles. The number of rotatable bonds is 0. The molecule has 2 rings (SSSR count). The van der Waals surface area contributed by atoms with Crippen LogP contribution in [0.15, 0.2) is 0 Å². The zero-order valence-electron chi connectivity index (χ0n) is 5.71. The van der Waals surface area contributed by atoms with Crippen LogP contribution in [-0.2, 0) is 9.84 Å². The Bertz CT molecular complexity index is 237. The number of nitrogens with two attached hydrogens (primary N) is 1. The first-order valence-electron chi connectivity index (χ1n) is 3.47. The zero-order valence-corrected chi connectivity index (χ0v) is 6.52. The lowest BCUT2D eigenvalue weighted by Crippen LogP contribution is -2.60. The maximum absolute atomic E-state index is 10.8. The van der Waals surface area contributed by atoms with Crippen molar-refractivity contribution in [1.82, 2.24) is 0 Å². The minimum Gasteiger partial charge on any atom is -0.328 e. The monoisotopic (exact) mass is 161 g/mol. The molecule has 1 heterocycles. The van der Waals surface area contributed by atoms with Crippen molar-refractivity contribution in [3.8, 4) is 0 Å². The lowest BCUT2D eigenvalue weighted by molar-refractivity contribution is 0.141. The second-order valence-corrected chi connectivity index (χ2v) is 5.77. The average Bonchev–Trinajstić information content (AvgIpc) is 1.55. The van der Waals surface area contributed by atoms with Crippen LogP contribution in [0.25, 0.3) is 0 Å². The third kappa shape index (κ3) is 0.787. The SMILES string of the molecule is NC1CC2(C1)CS(=O)(=O)C2. The quantitative estimate of drug-likeness (QED) is 0.522. The maximum Gasteiger partial charge on any atom is 0.151 e. The van der Waals surface area contributed by atoms with Gasteiger partial charge in [0.05, 0.1) is 11.5 Å². The molecule has 58 valence electrons. The molecule has 3 nitrogen and oxygen atoms in total. The fraction of sp³-hybridized carbons (Fsp3) is 1.00. The van der Waals surface area contributed by atoms with Crippen molar-refractivity contribution in [2.24, 2.45) is 11.1 Å². The molecule has 2 N–H and O–H groups in total. The molecule has 0 radical (unpaired) electrons. The Morgan fingerprint density at radius 2 is 1.80 bits per heavy atom. The highest BCUT2D eigenvalue weighted by molar-refractivity contribution is 7.92. The predicted molar refractivity (Wildman–Crippen MR) is 38.3 cm³/mol. The van der Waals surface area contributed by atoms with Gasteiger partial charge >= 0.3 is 0 Å². The van der Waals surface area contributed by atoms with Gasteiger partial charge in [0.15, 0.2) is 9.84 Å². The van der Waals surface area contributed by atoms with E-state index in [0.717, 1.165) is 12.8 Å². The normalized spacial score (nSPS) is 34.9. The van der Waals surface area contributed by atoms with Crippen molar-refractivity contribution < 1.29 is 8.42 Å². The Balaban J connectivity index is 2.03. The van der Waals surface area contributed by atoms with E-state index < -0.39 is 9.84 Å². The summed E-state index contributed by atoms with van der Waals surface area (Å²) in [5.74, 6) is 0.793. The summed E-state index contributed by atoms with van der Waals surface area (Å²) in [6.07, 6.45) is 1.85. The summed E-state index contributed by atoms with van der Waals surface area (Å²) in [7, 11) is -2.63. The minimum atomic E-state index is -2.63. The largest absolute Gasteiger partial charge is 0.328 e. The summed E-state index contributed by atoms with van der Waals surface area (Å²) in [5.41, 5.74) is 5.69. The number of sulfone groups is 1. The highest BCUT2D eigenvalue weighted by Crippen LogP contribution is 2.48. The second-order valence-electron chi connectivity index (χ2n) is 3.70. The van der Waals surface area contributed by atoms with E-state index in [1.54, 1.807) is 0 Å². The van der Waals surface area contributed by atoms with Gasteiger partial charge in [-0.25, -0.2) is 8.42 Å². The summed E-state index contributed by atoms with van der Waals surface area (Å²) in [6.45, 7) is 0. The Labute approximate surface area is 60.5 Å². The minimum absolute atomic E-state index is 0.137. The van der Waals surface area contributed by atoms with Crippen LogP contribution in [0.2, 0.25) is 0 Å². The summed E-state index contributed by atoms with van der Waals surface area (Å²) < 4.78 is 21.5. The highest BCUT2D eigenvalue weighted by Gasteiger charge is 2.55. The Morgan fingerprint density at radius 1 is 1.30 bits per heavy atom. The Kier molecular flexibility index (Phi) is 1.03. The lowest BCUT2D eigenvalue weighted by atomic mass is 9.68. The molecule has 0 atom stereocenters. The molecule has 0 aromatic carbocycles. The standard InChI is InChI=1S/C6H11NO2S/c7-5-1-6(2-5)3-10(8,9)4-6/h5H,1-4,7H2. The molecular weight excluding hydrogens is 150 g/mol. The molecule has 2 aliphatic rings. The molecule has 0 unspecified atom stereocenters. The van der Waals surface area contributed by atoms with Gasteiger partial charge in [0.2, 0.25) is 0 Å². The van der Waals surface area contributed by atoms with Crippen LogP contribution >= 0.6 is 0 Å². The zero-order chi connectivity index (χ0) is 7.41. The smallest absolute Gasteiger partial charge is 0.151 e. The van der Waals surface area contributed by atoms with Crippen molar-refractivity contribution in [1.29, 1.82) is 0 Å². The van der Waals surface area contributed by atoms with Crippen molar-refractivity contribution in [2.75, 3.05) is 11.5 Å². The molecule has 10 heavy (non-hydrogen) atoms. The molecule has 1 spiro atoms. The summed E-state index contributed by atoms with van der Waals surface area (Å²) in [5, 5.41) is 0. The van der Waals surface area contributed by atoms with Gasteiger partial charge in [0.25, 0.3) is 0 Å². The summed E-state index contributed by atoms with van der Waals surface area (Å²) in [4.78, 5) is 0. The van der Waals surface area contributed by atoms with Crippen LogP contribution < -0.4 is 5.73 Å². The molecule has 2 fully saturated rings.